The largest absolute Gasteiger partial charge is 0.480 e. The van der Waals surface area contributed by atoms with Crippen LogP contribution in [-0.4, -0.2) is 39.4 Å². The summed E-state index contributed by atoms with van der Waals surface area (Å²) >= 11 is 0. The van der Waals surface area contributed by atoms with Crippen LogP contribution >= 0.6 is 0 Å². The Hall–Kier alpha value is -2.44. The van der Waals surface area contributed by atoms with Gasteiger partial charge in [-0.3, -0.25) is 14.9 Å². The van der Waals surface area contributed by atoms with E-state index in [1.54, 1.807) is 6.92 Å². The molecule has 1 saturated heterocycles. The van der Waals surface area contributed by atoms with Crippen molar-refractivity contribution < 1.29 is 19.6 Å². The molecule has 1 aromatic carbocycles. The van der Waals surface area contributed by atoms with Crippen molar-refractivity contribution in [1.29, 1.82) is 0 Å². The fraction of sp³-hybridized carbons (Fsp3) is 0.385. The van der Waals surface area contributed by atoms with E-state index in [1.807, 2.05) is 0 Å². The zero-order chi connectivity index (χ0) is 14.9. The number of nitro benzene ring substituents is 1. The molecule has 0 bridgehead atoms. The highest BCUT2D eigenvalue weighted by Gasteiger charge is 2.39. The van der Waals surface area contributed by atoms with Crippen LogP contribution in [-0.2, 0) is 4.79 Å². The molecule has 0 spiro atoms. The Labute approximate surface area is 115 Å². The first-order chi connectivity index (χ1) is 9.41. The zero-order valence-electron chi connectivity index (χ0n) is 10.9. The molecule has 7 heteroatoms. The SMILES string of the molecule is CC1CCN(C(=O)c2ccc([N+](=O)[O-])cc2)C1C(=O)O. The molecule has 2 atom stereocenters. The number of nitrogens with zero attached hydrogens (tertiary/aromatic N) is 2. The summed E-state index contributed by atoms with van der Waals surface area (Å²) in [7, 11) is 0. The van der Waals surface area contributed by atoms with E-state index in [4.69, 9.17) is 0 Å². The van der Waals surface area contributed by atoms with Crippen LogP contribution in [0.4, 0.5) is 5.69 Å². The van der Waals surface area contributed by atoms with E-state index in [1.165, 1.54) is 29.2 Å². The smallest absolute Gasteiger partial charge is 0.326 e. The number of carboxylic acid groups (broad SMARTS) is 1. The van der Waals surface area contributed by atoms with Crippen LogP contribution < -0.4 is 0 Å². The number of rotatable bonds is 3. The zero-order valence-corrected chi connectivity index (χ0v) is 10.9. The summed E-state index contributed by atoms with van der Waals surface area (Å²) < 4.78 is 0. The number of nitro groups is 1. The van der Waals surface area contributed by atoms with Crippen LogP contribution in [0.15, 0.2) is 24.3 Å². The van der Waals surface area contributed by atoms with Gasteiger partial charge in [0.2, 0.25) is 0 Å². The van der Waals surface area contributed by atoms with Crippen LogP contribution in [0, 0.1) is 16.0 Å². The van der Waals surface area contributed by atoms with Gasteiger partial charge in [0, 0.05) is 24.2 Å². The van der Waals surface area contributed by atoms with E-state index in [9.17, 15) is 24.8 Å². The molecule has 0 aromatic heterocycles. The van der Waals surface area contributed by atoms with Gasteiger partial charge in [-0.2, -0.15) is 0 Å². The lowest BCUT2D eigenvalue weighted by Crippen LogP contribution is -2.42. The summed E-state index contributed by atoms with van der Waals surface area (Å²) in [5.74, 6) is -1.53. The summed E-state index contributed by atoms with van der Waals surface area (Å²) in [6.07, 6.45) is 0.635. The molecule has 0 saturated carbocycles. The van der Waals surface area contributed by atoms with Crippen LogP contribution in [0.2, 0.25) is 0 Å². The third-order valence-electron chi connectivity index (χ3n) is 3.54. The van der Waals surface area contributed by atoms with Crippen molar-refractivity contribution >= 4 is 17.6 Å². The number of amides is 1. The van der Waals surface area contributed by atoms with Gasteiger partial charge in [0.25, 0.3) is 11.6 Å². The highest BCUT2D eigenvalue weighted by Crippen LogP contribution is 2.26. The number of aliphatic carboxylic acids is 1. The standard InChI is InChI=1S/C13H14N2O5/c1-8-6-7-14(11(8)13(17)18)12(16)9-2-4-10(5-3-9)15(19)20/h2-5,8,11H,6-7H2,1H3,(H,17,18). The number of benzene rings is 1. The molecule has 1 heterocycles. The lowest BCUT2D eigenvalue weighted by molar-refractivity contribution is -0.384. The van der Waals surface area contributed by atoms with E-state index in [2.05, 4.69) is 0 Å². The second kappa shape index (κ2) is 5.28. The number of carboxylic acids is 1. The van der Waals surface area contributed by atoms with Gasteiger partial charge in [-0.15, -0.1) is 0 Å². The average molecular weight is 278 g/mol. The van der Waals surface area contributed by atoms with Crippen LogP contribution in [0.1, 0.15) is 23.7 Å². The first-order valence-electron chi connectivity index (χ1n) is 6.20. The molecule has 1 fully saturated rings. The number of likely N-dealkylation sites (tertiary alicyclic amines) is 1. The Morgan fingerprint density at radius 2 is 1.95 bits per heavy atom. The van der Waals surface area contributed by atoms with Gasteiger partial charge < -0.3 is 10.0 Å². The molecule has 0 aliphatic carbocycles. The Balaban J connectivity index is 2.22. The van der Waals surface area contributed by atoms with Gasteiger partial charge in [-0.1, -0.05) is 6.92 Å². The van der Waals surface area contributed by atoms with Crippen molar-refractivity contribution in [3.63, 3.8) is 0 Å². The summed E-state index contributed by atoms with van der Waals surface area (Å²) in [4.78, 5) is 34.8. The highest BCUT2D eigenvalue weighted by atomic mass is 16.6. The fourth-order valence-corrected chi connectivity index (χ4v) is 2.44. The lowest BCUT2D eigenvalue weighted by Gasteiger charge is -2.23. The van der Waals surface area contributed by atoms with Crippen molar-refractivity contribution in [2.24, 2.45) is 5.92 Å². The molecule has 20 heavy (non-hydrogen) atoms. The van der Waals surface area contributed by atoms with Crippen LogP contribution in [0.25, 0.3) is 0 Å². The molecule has 1 aromatic rings. The van der Waals surface area contributed by atoms with Gasteiger partial charge in [0.1, 0.15) is 6.04 Å². The molecule has 1 aliphatic heterocycles. The number of hydrogen-bond donors (Lipinski definition) is 1. The Morgan fingerprint density at radius 1 is 1.35 bits per heavy atom. The normalized spacial score (nSPS) is 21.8. The number of carbonyl (C=O) groups excluding carboxylic acids is 1. The summed E-state index contributed by atoms with van der Waals surface area (Å²) in [5.41, 5.74) is 0.155. The maximum atomic E-state index is 12.3. The van der Waals surface area contributed by atoms with Gasteiger partial charge in [0.05, 0.1) is 4.92 Å². The first-order valence-corrected chi connectivity index (χ1v) is 6.20. The summed E-state index contributed by atoms with van der Waals surface area (Å²) in [5, 5.41) is 19.7. The second-order valence-electron chi connectivity index (χ2n) is 4.85. The van der Waals surface area contributed by atoms with Crippen LogP contribution in [0.3, 0.4) is 0 Å². The fourth-order valence-electron chi connectivity index (χ4n) is 2.44. The van der Waals surface area contributed by atoms with Crippen molar-refractivity contribution in [3.8, 4) is 0 Å². The molecule has 1 aliphatic rings. The minimum atomic E-state index is -1.02. The molecule has 2 unspecified atom stereocenters. The van der Waals surface area contributed by atoms with Gasteiger partial charge in [0.15, 0.2) is 0 Å². The molecule has 1 N–H and O–H groups in total. The topological polar surface area (TPSA) is 101 Å². The predicted molar refractivity (Wildman–Crippen MR) is 69.3 cm³/mol. The van der Waals surface area contributed by atoms with E-state index >= 15 is 0 Å². The number of carbonyl (C=O) groups is 2. The monoisotopic (exact) mass is 278 g/mol. The second-order valence-corrected chi connectivity index (χ2v) is 4.85. The first kappa shape index (κ1) is 14.0. The Kier molecular flexibility index (Phi) is 3.69. The lowest BCUT2D eigenvalue weighted by atomic mass is 10.0. The van der Waals surface area contributed by atoms with Gasteiger partial charge >= 0.3 is 5.97 Å². The Morgan fingerprint density at radius 3 is 2.45 bits per heavy atom. The van der Waals surface area contributed by atoms with Crippen molar-refractivity contribution in [1.82, 2.24) is 4.90 Å². The number of hydrogen-bond acceptors (Lipinski definition) is 4. The van der Waals surface area contributed by atoms with Crippen molar-refractivity contribution in [2.75, 3.05) is 6.54 Å². The minimum absolute atomic E-state index is 0.102. The molecular weight excluding hydrogens is 264 g/mol. The van der Waals surface area contributed by atoms with E-state index in [0.29, 0.717) is 13.0 Å². The highest BCUT2D eigenvalue weighted by molar-refractivity contribution is 5.97. The van der Waals surface area contributed by atoms with E-state index in [-0.39, 0.29) is 17.2 Å². The summed E-state index contributed by atoms with van der Waals surface area (Å²) in [6.45, 7) is 2.18. The maximum absolute atomic E-state index is 12.3. The molecule has 1 amide bonds. The van der Waals surface area contributed by atoms with Crippen molar-refractivity contribution in [3.05, 3.63) is 39.9 Å². The van der Waals surface area contributed by atoms with E-state index < -0.39 is 22.8 Å². The van der Waals surface area contributed by atoms with Gasteiger partial charge in [-0.25, -0.2) is 4.79 Å². The molecule has 7 nitrogen and oxygen atoms in total. The third kappa shape index (κ3) is 2.47. The van der Waals surface area contributed by atoms with Crippen LogP contribution in [0.5, 0.6) is 0 Å². The molecule has 0 radical (unpaired) electrons. The maximum Gasteiger partial charge on any atom is 0.326 e. The number of non-ortho nitro benzene ring substituents is 1. The minimum Gasteiger partial charge on any atom is -0.480 e. The molecule has 2 rings (SSSR count). The van der Waals surface area contributed by atoms with Crippen molar-refractivity contribution in [2.45, 2.75) is 19.4 Å². The van der Waals surface area contributed by atoms with Gasteiger partial charge in [-0.05, 0) is 24.5 Å². The predicted octanol–water partition coefficient (Wildman–Crippen LogP) is 1.53. The molecule has 106 valence electrons. The molecular formula is C13H14N2O5. The summed E-state index contributed by atoms with van der Waals surface area (Å²) in [6, 6.07) is 4.34. The van der Waals surface area contributed by atoms with E-state index in [0.717, 1.165) is 0 Å². The Bertz CT molecular complexity index is 554. The quantitative estimate of drug-likeness (QED) is 0.667. The average Bonchev–Trinajstić information content (AvgIpc) is 2.80. The third-order valence-corrected chi connectivity index (χ3v) is 3.54.